The molecule has 0 fully saturated rings. The Hall–Kier alpha value is -2.78. The van der Waals surface area contributed by atoms with Crippen molar-refractivity contribution in [3.8, 4) is 0 Å². The number of hydrogen-bond acceptors (Lipinski definition) is 6. The summed E-state index contributed by atoms with van der Waals surface area (Å²) in [6.45, 7) is 1.80. The number of nitrogens with zero attached hydrogens (tertiary/aromatic N) is 2. The van der Waals surface area contributed by atoms with Crippen molar-refractivity contribution in [1.29, 1.82) is 0 Å². The van der Waals surface area contributed by atoms with Crippen LogP contribution in [0.3, 0.4) is 0 Å². The third kappa shape index (κ3) is 5.11. The lowest BCUT2D eigenvalue weighted by molar-refractivity contribution is -0.116. The van der Waals surface area contributed by atoms with E-state index in [1.165, 1.54) is 0 Å². The van der Waals surface area contributed by atoms with Gasteiger partial charge in [0, 0.05) is 6.42 Å². The van der Waals surface area contributed by atoms with Crippen LogP contribution in [0, 0.1) is 6.92 Å². The number of aromatic nitrogens is 2. The zero-order valence-electron chi connectivity index (χ0n) is 14.5. The van der Waals surface area contributed by atoms with E-state index in [0.717, 1.165) is 22.5 Å². The van der Waals surface area contributed by atoms with Gasteiger partial charge in [0.15, 0.2) is 0 Å². The molecule has 0 radical (unpaired) electrons. The molecule has 0 saturated heterocycles. The number of carbonyl (C=O) groups excluding carboxylic acids is 1. The second-order valence-corrected chi connectivity index (χ2v) is 8.66. The number of sulfonamides is 1. The van der Waals surface area contributed by atoms with E-state index in [4.69, 9.17) is 0 Å². The van der Waals surface area contributed by atoms with Gasteiger partial charge in [-0.05, 0) is 30.5 Å². The molecular weight excluding hydrogens is 384 g/mol. The van der Waals surface area contributed by atoms with E-state index in [1.807, 2.05) is 36.4 Å². The Morgan fingerprint density at radius 3 is 2.48 bits per heavy atom. The van der Waals surface area contributed by atoms with Gasteiger partial charge in [-0.2, -0.15) is 8.42 Å². The fourth-order valence-electron chi connectivity index (χ4n) is 2.33. The van der Waals surface area contributed by atoms with Crippen molar-refractivity contribution in [3.05, 3.63) is 65.7 Å². The van der Waals surface area contributed by atoms with E-state index in [-0.39, 0.29) is 21.8 Å². The third-order valence-corrected chi connectivity index (χ3v) is 6.33. The van der Waals surface area contributed by atoms with Crippen LogP contribution in [0.2, 0.25) is 0 Å². The molecule has 0 atom stereocenters. The molecule has 140 valence electrons. The number of para-hydroxylation sites is 1. The van der Waals surface area contributed by atoms with Crippen LogP contribution in [-0.4, -0.2) is 24.5 Å². The second-order valence-electron chi connectivity index (χ2n) is 5.83. The number of rotatable bonds is 7. The van der Waals surface area contributed by atoms with Crippen LogP contribution in [0.1, 0.15) is 17.5 Å². The first-order valence-corrected chi connectivity index (χ1v) is 10.5. The van der Waals surface area contributed by atoms with Gasteiger partial charge >= 0.3 is 0 Å². The first kappa shape index (κ1) is 19.0. The molecule has 3 aromatic rings. The molecule has 0 saturated carbocycles. The van der Waals surface area contributed by atoms with Gasteiger partial charge in [-0.25, -0.2) is 0 Å². The standard InChI is InChI=1S/C18H18N4O3S2/c1-13-7-5-6-10-15(13)22-27(24,25)18-21-20-17(26-18)19-16(23)12-11-14-8-3-2-4-9-14/h2-10,22H,11-12H2,1H3,(H,19,20,23). The van der Waals surface area contributed by atoms with Crippen molar-refractivity contribution in [2.75, 3.05) is 10.0 Å². The Kier molecular flexibility index (Phi) is 5.82. The fraction of sp³-hybridized carbons (Fsp3) is 0.167. The Labute approximate surface area is 161 Å². The van der Waals surface area contributed by atoms with Crippen molar-refractivity contribution in [2.45, 2.75) is 24.1 Å². The molecule has 2 aromatic carbocycles. The van der Waals surface area contributed by atoms with Crippen LogP contribution >= 0.6 is 11.3 Å². The molecule has 1 amide bonds. The van der Waals surface area contributed by atoms with Crippen LogP contribution in [0.15, 0.2) is 58.9 Å². The Balaban J connectivity index is 1.62. The fourth-order valence-corrected chi connectivity index (χ4v) is 4.38. The summed E-state index contributed by atoms with van der Waals surface area (Å²) in [5.74, 6) is -0.245. The summed E-state index contributed by atoms with van der Waals surface area (Å²) < 4.78 is 27.2. The van der Waals surface area contributed by atoms with Crippen LogP contribution in [-0.2, 0) is 21.2 Å². The highest BCUT2D eigenvalue weighted by Crippen LogP contribution is 2.24. The topological polar surface area (TPSA) is 101 Å². The number of amides is 1. The summed E-state index contributed by atoms with van der Waals surface area (Å²) in [6.07, 6.45) is 0.860. The lowest BCUT2D eigenvalue weighted by atomic mass is 10.1. The molecule has 3 rings (SSSR count). The quantitative estimate of drug-likeness (QED) is 0.591. The van der Waals surface area contributed by atoms with Crippen LogP contribution in [0.25, 0.3) is 0 Å². The molecule has 27 heavy (non-hydrogen) atoms. The molecule has 1 aromatic heterocycles. The highest BCUT2D eigenvalue weighted by atomic mass is 32.2. The van der Waals surface area contributed by atoms with E-state index >= 15 is 0 Å². The van der Waals surface area contributed by atoms with Crippen molar-refractivity contribution < 1.29 is 13.2 Å². The molecule has 0 unspecified atom stereocenters. The number of anilines is 2. The zero-order chi connectivity index (χ0) is 19.3. The summed E-state index contributed by atoms with van der Waals surface area (Å²) in [5.41, 5.74) is 2.32. The molecule has 7 nitrogen and oxygen atoms in total. The molecule has 0 spiro atoms. The Morgan fingerprint density at radius 1 is 1.04 bits per heavy atom. The first-order valence-electron chi connectivity index (χ1n) is 8.20. The van der Waals surface area contributed by atoms with E-state index in [0.29, 0.717) is 12.1 Å². The Morgan fingerprint density at radius 2 is 1.74 bits per heavy atom. The minimum atomic E-state index is -3.86. The average Bonchev–Trinajstić information content (AvgIpc) is 3.12. The maximum atomic E-state index is 12.4. The highest BCUT2D eigenvalue weighted by Gasteiger charge is 2.21. The van der Waals surface area contributed by atoms with E-state index in [9.17, 15) is 13.2 Å². The summed E-state index contributed by atoms with van der Waals surface area (Å²) in [4.78, 5) is 12.0. The summed E-state index contributed by atoms with van der Waals surface area (Å²) >= 11 is 0.810. The molecule has 1 heterocycles. The van der Waals surface area contributed by atoms with E-state index in [2.05, 4.69) is 20.2 Å². The van der Waals surface area contributed by atoms with Gasteiger partial charge in [-0.1, -0.05) is 59.9 Å². The third-order valence-electron chi connectivity index (χ3n) is 3.76. The van der Waals surface area contributed by atoms with Crippen LogP contribution < -0.4 is 10.0 Å². The minimum absolute atomic E-state index is 0.151. The summed E-state index contributed by atoms with van der Waals surface area (Å²) in [7, 11) is -3.86. The SMILES string of the molecule is Cc1ccccc1NS(=O)(=O)c1nnc(NC(=O)CCc2ccccc2)s1. The lowest BCUT2D eigenvalue weighted by Gasteiger charge is -2.07. The number of aryl methyl sites for hydroxylation is 2. The van der Waals surface area contributed by atoms with Gasteiger partial charge < -0.3 is 5.32 Å². The van der Waals surface area contributed by atoms with Crippen molar-refractivity contribution in [2.24, 2.45) is 0 Å². The molecule has 2 N–H and O–H groups in total. The van der Waals surface area contributed by atoms with Crippen LogP contribution in [0.5, 0.6) is 0 Å². The zero-order valence-corrected chi connectivity index (χ0v) is 16.2. The van der Waals surface area contributed by atoms with E-state index in [1.54, 1.807) is 25.1 Å². The lowest BCUT2D eigenvalue weighted by Crippen LogP contribution is -2.13. The molecular formula is C18H18N4O3S2. The number of benzene rings is 2. The van der Waals surface area contributed by atoms with E-state index < -0.39 is 10.0 Å². The molecule has 9 heteroatoms. The van der Waals surface area contributed by atoms with Crippen LogP contribution in [0.4, 0.5) is 10.8 Å². The summed E-state index contributed by atoms with van der Waals surface area (Å²) in [5, 5.41) is 10.2. The monoisotopic (exact) mass is 402 g/mol. The first-order chi connectivity index (χ1) is 12.9. The van der Waals surface area contributed by atoms with Gasteiger partial charge in [-0.15, -0.1) is 10.2 Å². The second kappa shape index (κ2) is 8.28. The normalized spacial score (nSPS) is 11.1. The molecule has 0 aliphatic rings. The largest absolute Gasteiger partial charge is 0.300 e. The van der Waals surface area contributed by atoms with Gasteiger partial charge in [0.25, 0.3) is 14.4 Å². The Bertz CT molecular complexity index is 1030. The predicted octanol–water partition coefficient (Wildman–Crippen LogP) is 3.22. The molecule has 0 bridgehead atoms. The van der Waals surface area contributed by atoms with Gasteiger partial charge in [0.1, 0.15) is 0 Å². The predicted molar refractivity (Wildman–Crippen MR) is 105 cm³/mol. The highest BCUT2D eigenvalue weighted by molar-refractivity contribution is 7.94. The van der Waals surface area contributed by atoms with Gasteiger partial charge in [0.2, 0.25) is 11.0 Å². The number of hydrogen-bond donors (Lipinski definition) is 2. The maximum Gasteiger partial charge on any atom is 0.291 e. The summed E-state index contributed by atoms with van der Waals surface area (Å²) in [6, 6.07) is 16.7. The van der Waals surface area contributed by atoms with Crippen molar-refractivity contribution >= 4 is 38.1 Å². The maximum absolute atomic E-state index is 12.4. The molecule has 0 aliphatic heterocycles. The van der Waals surface area contributed by atoms with Gasteiger partial charge in [-0.3, -0.25) is 9.52 Å². The minimum Gasteiger partial charge on any atom is -0.300 e. The average molecular weight is 403 g/mol. The van der Waals surface area contributed by atoms with Gasteiger partial charge in [0.05, 0.1) is 5.69 Å². The number of nitrogens with one attached hydrogen (secondary N) is 2. The number of carbonyl (C=O) groups is 1. The van der Waals surface area contributed by atoms with Crippen molar-refractivity contribution in [1.82, 2.24) is 10.2 Å². The smallest absolute Gasteiger partial charge is 0.291 e. The van der Waals surface area contributed by atoms with Crippen molar-refractivity contribution in [3.63, 3.8) is 0 Å². The molecule has 0 aliphatic carbocycles.